The Morgan fingerprint density at radius 1 is 1.15 bits per heavy atom. The molecule has 0 atom stereocenters. The molecule has 0 N–H and O–H groups in total. The first-order valence-corrected chi connectivity index (χ1v) is 6.62. The van der Waals surface area contributed by atoms with Gasteiger partial charge in [-0.2, -0.15) is 5.26 Å². The second-order valence-corrected chi connectivity index (χ2v) is 4.83. The Morgan fingerprint density at radius 2 is 1.85 bits per heavy atom. The van der Waals surface area contributed by atoms with Crippen molar-refractivity contribution in [2.24, 2.45) is 0 Å². The Balaban J connectivity index is 2.64. The second-order valence-electron chi connectivity index (χ2n) is 4.01. The SMILES string of the molecule is COc1ccc(Cl)cc1C(Cl)=C(C#N)c1ccccc1. The van der Waals surface area contributed by atoms with Crippen molar-refractivity contribution < 1.29 is 4.74 Å². The van der Waals surface area contributed by atoms with E-state index in [1.165, 1.54) is 0 Å². The largest absolute Gasteiger partial charge is 0.496 e. The van der Waals surface area contributed by atoms with E-state index in [4.69, 9.17) is 27.9 Å². The molecule has 0 radical (unpaired) electrons. The number of rotatable bonds is 3. The topological polar surface area (TPSA) is 33.0 Å². The zero-order valence-electron chi connectivity index (χ0n) is 10.7. The van der Waals surface area contributed by atoms with Crippen molar-refractivity contribution in [2.75, 3.05) is 7.11 Å². The number of ether oxygens (including phenoxy) is 1. The van der Waals surface area contributed by atoms with Crippen LogP contribution in [-0.4, -0.2) is 7.11 Å². The molecule has 2 rings (SSSR count). The van der Waals surface area contributed by atoms with Gasteiger partial charge in [0.25, 0.3) is 0 Å². The van der Waals surface area contributed by atoms with E-state index in [0.717, 1.165) is 5.56 Å². The summed E-state index contributed by atoms with van der Waals surface area (Å²) in [6, 6.07) is 16.5. The third-order valence-electron chi connectivity index (χ3n) is 2.79. The maximum Gasteiger partial charge on any atom is 0.127 e. The lowest BCUT2D eigenvalue weighted by Gasteiger charge is -2.10. The lowest BCUT2D eigenvalue weighted by molar-refractivity contribution is 0.414. The van der Waals surface area contributed by atoms with Crippen LogP contribution in [0.1, 0.15) is 11.1 Å². The molecule has 2 nitrogen and oxygen atoms in total. The maximum absolute atomic E-state index is 9.38. The summed E-state index contributed by atoms with van der Waals surface area (Å²) in [5.41, 5.74) is 1.73. The lowest BCUT2D eigenvalue weighted by Crippen LogP contribution is -1.91. The summed E-state index contributed by atoms with van der Waals surface area (Å²) in [5.74, 6) is 0.572. The summed E-state index contributed by atoms with van der Waals surface area (Å²) in [4.78, 5) is 0. The van der Waals surface area contributed by atoms with Crippen LogP contribution in [0.25, 0.3) is 10.6 Å². The summed E-state index contributed by atoms with van der Waals surface area (Å²) in [7, 11) is 1.55. The van der Waals surface area contributed by atoms with Gasteiger partial charge in [0.15, 0.2) is 0 Å². The van der Waals surface area contributed by atoms with Crippen molar-refractivity contribution in [3.8, 4) is 11.8 Å². The van der Waals surface area contributed by atoms with Gasteiger partial charge in [-0.05, 0) is 23.8 Å². The van der Waals surface area contributed by atoms with Crippen LogP contribution in [0.4, 0.5) is 0 Å². The molecule has 0 saturated carbocycles. The van der Waals surface area contributed by atoms with Crippen LogP contribution in [0.15, 0.2) is 48.5 Å². The molecule has 0 aromatic heterocycles. The van der Waals surface area contributed by atoms with Gasteiger partial charge in [0.1, 0.15) is 11.8 Å². The number of halogens is 2. The van der Waals surface area contributed by atoms with Gasteiger partial charge in [-0.3, -0.25) is 0 Å². The van der Waals surface area contributed by atoms with Crippen molar-refractivity contribution in [1.82, 2.24) is 0 Å². The lowest BCUT2D eigenvalue weighted by atomic mass is 10.0. The Labute approximate surface area is 127 Å². The fraction of sp³-hybridized carbons (Fsp3) is 0.0625. The minimum atomic E-state index is 0.318. The average Bonchev–Trinajstić information content (AvgIpc) is 2.49. The maximum atomic E-state index is 9.38. The number of allylic oxidation sites excluding steroid dienone is 1. The molecule has 0 spiro atoms. The van der Waals surface area contributed by atoms with Crippen molar-refractivity contribution in [1.29, 1.82) is 5.26 Å². The van der Waals surface area contributed by atoms with Crippen LogP contribution < -0.4 is 4.74 Å². The van der Waals surface area contributed by atoms with Gasteiger partial charge in [0, 0.05) is 10.6 Å². The van der Waals surface area contributed by atoms with Gasteiger partial charge >= 0.3 is 0 Å². The van der Waals surface area contributed by atoms with E-state index in [-0.39, 0.29) is 0 Å². The molecular formula is C16H11Cl2NO. The monoisotopic (exact) mass is 303 g/mol. The fourth-order valence-electron chi connectivity index (χ4n) is 1.83. The van der Waals surface area contributed by atoms with Crippen LogP contribution in [0.5, 0.6) is 5.75 Å². The molecular weight excluding hydrogens is 293 g/mol. The number of hydrogen-bond acceptors (Lipinski definition) is 2. The molecule has 0 fully saturated rings. The van der Waals surface area contributed by atoms with E-state index >= 15 is 0 Å². The number of hydrogen-bond donors (Lipinski definition) is 0. The standard InChI is InChI=1S/C16H11Cl2NO/c1-20-15-8-7-12(17)9-13(15)16(18)14(10-19)11-5-3-2-4-6-11/h2-9H,1H3. The molecule has 20 heavy (non-hydrogen) atoms. The molecule has 0 aliphatic rings. The number of nitriles is 1. The highest BCUT2D eigenvalue weighted by Crippen LogP contribution is 2.36. The second kappa shape index (κ2) is 6.47. The number of benzene rings is 2. The van der Waals surface area contributed by atoms with E-state index in [0.29, 0.717) is 26.9 Å². The Morgan fingerprint density at radius 3 is 2.45 bits per heavy atom. The fourth-order valence-corrected chi connectivity index (χ4v) is 2.30. The van der Waals surface area contributed by atoms with E-state index < -0.39 is 0 Å². The highest BCUT2D eigenvalue weighted by molar-refractivity contribution is 6.53. The van der Waals surface area contributed by atoms with Crippen LogP contribution in [0, 0.1) is 11.3 Å². The summed E-state index contributed by atoms with van der Waals surface area (Å²) < 4.78 is 5.27. The average molecular weight is 304 g/mol. The van der Waals surface area contributed by atoms with E-state index in [9.17, 15) is 5.26 Å². The number of methoxy groups -OCH3 is 1. The van der Waals surface area contributed by atoms with E-state index in [1.54, 1.807) is 25.3 Å². The summed E-state index contributed by atoms with van der Waals surface area (Å²) >= 11 is 12.4. The molecule has 0 saturated heterocycles. The smallest absolute Gasteiger partial charge is 0.127 e. The minimum absolute atomic E-state index is 0.318. The summed E-state index contributed by atoms with van der Waals surface area (Å²) in [6.07, 6.45) is 0. The van der Waals surface area contributed by atoms with Crippen LogP contribution in [-0.2, 0) is 0 Å². The summed E-state index contributed by atoms with van der Waals surface area (Å²) in [6.45, 7) is 0. The molecule has 100 valence electrons. The van der Waals surface area contributed by atoms with E-state index in [2.05, 4.69) is 6.07 Å². The van der Waals surface area contributed by atoms with Gasteiger partial charge in [-0.1, -0.05) is 53.5 Å². The van der Waals surface area contributed by atoms with Crippen molar-refractivity contribution in [3.63, 3.8) is 0 Å². The highest BCUT2D eigenvalue weighted by atomic mass is 35.5. The van der Waals surface area contributed by atoms with Gasteiger partial charge in [-0.25, -0.2) is 0 Å². The van der Waals surface area contributed by atoms with Gasteiger partial charge < -0.3 is 4.74 Å². The third kappa shape index (κ3) is 2.96. The van der Waals surface area contributed by atoms with Crippen molar-refractivity contribution in [2.45, 2.75) is 0 Å². The molecule has 0 bridgehead atoms. The van der Waals surface area contributed by atoms with Crippen molar-refractivity contribution in [3.05, 3.63) is 64.7 Å². The minimum Gasteiger partial charge on any atom is -0.496 e. The molecule has 4 heteroatoms. The molecule has 0 unspecified atom stereocenters. The molecule has 2 aromatic rings. The number of nitrogens with zero attached hydrogens (tertiary/aromatic N) is 1. The summed E-state index contributed by atoms with van der Waals surface area (Å²) in [5, 5.41) is 10.2. The molecule has 0 aliphatic carbocycles. The molecule has 2 aromatic carbocycles. The Hall–Kier alpha value is -1.95. The Bertz CT molecular complexity index is 687. The van der Waals surface area contributed by atoms with Crippen LogP contribution in [0.2, 0.25) is 5.02 Å². The zero-order chi connectivity index (χ0) is 14.5. The quantitative estimate of drug-likeness (QED) is 0.592. The van der Waals surface area contributed by atoms with Crippen LogP contribution in [0.3, 0.4) is 0 Å². The normalized spacial score (nSPS) is 11.5. The van der Waals surface area contributed by atoms with Crippen molar-refractivity contribution >= 4 is 33.8 Å². The first-order chi connectivity index (χ1) is 9.67. The third-order valence-corrected chi connectivity index (χ3v) is 3.42. The highest BCUT2D eigenvalue weighted by Gasteiger charge is 2.14. The zero-order valence-corrected chi connectivity index (χ0v) is 12.2. The molecule has 0 heterocycles. The first kappa shape index (κ1) is 14.5. The predicted molar refractivity (Wildman–Crippen MR) is 82.7 cm³/mol. The van der Waals surface area contributed by atoms with E-state index in [1.807, 2.05) is 30.3 Å². The predicted octanol–water partition coefficient (Wildman–Crippen LogP) is 4.98. The van der Waals surface area contributed by atoms with Gasteiger partial charge in [0.2, 0.25) is 0 Å². The van der Waals surface area contributed by atoms with Gasteiger partial charge in [0.05, 0.1) is 17.7 Å². The molecule has 0 aliphatic heterocycles. The first-order valence-electron chi connectivity index (χ1n) is 5.86. The Kier molecular flexibility index (Phi) is 4.68. The van der Waals surface area contributed by atoms with Crippen LogP contribution >= 0.6 is 23.2 Å². The molecule has 0 amide bonds. The van der Waals surface area contributed by atoms with Gasteiger partial charge in [-0.15, -0.1) is 0 Å².